The largest absolute Gasteiger partial charge is 3.00 e. The first-order valence-corrected chi connectivity index (χ1v) is 15.0. The summed E-state index contributed by atoms with van der Waals surface area (Å²) in [7, 11) is -2.02. The Morgan fingerprint density at radius 2 is 0.833 bits per heavy atom. The zero-order chi connectivity index (χ0) is 27.2. The van der Waals surface area contributed by atoms with Crippen LogP contribution in [0.5, 0.6) is 0 Å². The van der Waals surface area contributed by atoms with Gasteiger partial charge in [-0.15, -0.1) is 0 Å². The molecule has 1 aliphatic carbocycles. The van der Waals surface area contributed by atoms with Gasteiger partial charge in [0.15, 0.2) is 0 Å². The summed E-state index contributed by atoms with van der Waals surface area (Å²) < 4.78 is 0. The molecule has 2 radical (unpaired) electrons. The van der Waals surface area contributed by atoms with Crippen LogP contribution in [-0.2, 0) is 58.5 Å². The minimum absolute atomic E-state index is 0. The monoisotopic (exact) mass is 575 g/mol. The second-order valence-electron chi connectivity index (χ2n) is 11.4. The van der Waals surface area contributed by atoms with Gasteiger partial charge in [-0.25, -0.2) is 7.05 Å². The maximum atomic E-state index is 11.1. The maximum Gasteiger partial charge on any atom is 3.00 e. The van der Waals surface area contributed by atoms with Crippen LogP contribution in [0.4, 0.5) is 0 Å². The van der Waals surface area contributed by atoms with Crippen molar-refractivity contribution in [3.63, 3.8) is 0 Å². The van der Waals surface area contributed by atoms with Crippen LogP contribution in [-0.4, -0.2) is 15.5 Å². The zero-order valence-electron chi connectivity index (χ0n) is 23.8. The average molecular weight is 576 g/mol. The van der Waals surface area contributed by atoms with Gasteiger partial charge in [-0.3, -0.25) is 0 Å². The van der Waals surface area contributed by atoms with E-state index in [-0.39, 0.29) is 37.2 Å². The van der Waals surface area contributed by atoms with Gasteiger partial charge >= 0.3 is 21.7 Å². The van der Waals surface area contributed by atoms with E-state index in [1.807, 2.05) is 91.4 Å². The van der Waals surface area contributed by atoms with E-state index in [0.717, 1.165) is 11.5 Å². The van der Waals surface area contributed by atoms with Gasteiger partial charge in [-0.1, -0.05) is 158 Å². The van der Waals surface area contributed by atoms with Crippen molar-refractivity contribution in [3.8, 4) is 0 Å². The normalized spacial score (nSPS) is 12.6. The van der Waals surface area contributed by atoms with Crippen molar-refractivity contribution in [3.05, 3.63) is 108 Å². The number of nitrogens with zero attached hydrogens (tertiary/aromatic N) is 1. The summed E-state index contributed by atoms with van der Waals surface area (Å²) in [6, 6.07) is 20.1. The molecule has 0 atom stereocenters. The van der Waals surface area contributed by atoms with E-state index in [1.165, 1.54) is 11.1 Å². The van der Waals surface area contributed by atoms with Crippen molar-refractivity contribution in [1.29, 1.82) is 0 Å². The van der Waals surface area contributed by atoms with Crippen molar-refractivity contribution in [1.82, 2.24) is 0 Å². The molecule has 2 aromatic carbocycles. The average Bonchev–Trinajstić information content (AvgIpc) is 3.38. The standard InChI is InChI=1S/C12H27NP.2C7H8S.C5H5.Ti/c1-10(2,3)14(13,11(4,5)6)12(7,8)9;2*8-6-7-4-2-1-3-5-7;1-2-4-5-3-1;/h1-9H3;2*1-5,8H,6H2;1-5H;/q-1;;;;+3/p-2. The summed E-state index contributed by atoms with van der Waals surface area (Å²) in [5, 5.41) is 11.1. The molecule has 0 bridgehead atoms. The van der Waals surface area contributed by atoms with Crippen LogP contribution in [0.25, 0.3) is 5.16 Å². The van der Waals surface area contributed by atoms with Crippen molar-refractivity contribution < 1.29 is 21.7 Å². The molecule has 0 unspecified atom stereocenters. The Labute approximate surface area is 249 Å². The van der Waals surface area contributed by atoms with E-state index in [9.17, 15) is 5.16 Å². The van der Waals surface area contributed by atoms with E-state index >= 15 is 0 Å². The zero-order valence-corrected chi connectivity index (χ0v) is 27.9. The van der Waals surface area contributed by atoms with E-state index in [4.69, 9.17) is 25.3 Å². The van der Waals surface area contributed by atoms with E-state index in [1.54, 1.807) is 0 Å². The number of allylic oxidation sites excluding steroid dienone is 4. The quantitative estimate of drug-likeness (QED) is 0.202. The summed E-state index contributed by atoms with van der Waals surface area (Å²) in [6.45, 7) is 19.5. The Balaban J connectivity index is 0. The van der Waals surface area contributed by atoms with Crippen molar-refractivity contribution in [2.45, 2.75) is 89.3 Å². The van der Waals surface area contributed by atoms with Gasteiger partial charge < -0.3 is 30.4 Å². The van der Waals surface area contributed by atoms with Crippen LogP contribution in [0.1, 0.15) is 73.4 Å². The molecule has 0 aromatic heterocycles. The molecule has 0 heterocycles. The third-order valence-electron chi connectivity index (χ3n) is 5.49. The Bertz CT molecular complexity index is 827. The Hall–Kier alpha value is -0.436. The smallest absolute Gasteiger partial charge is 0.807 e. The molecule has 2 aromatic rings. The van der Waals surface area contributed by atoms with E-state index in [0.29, 0.717) is 0 Å². The van der Waals surface area contributed by atoms with Gasteiger partial charge in [0, 0.05) is 6.42 Å². The number of hydrogen-bond donors (Lipinski definition) is 0. The molecule has 3 rings (SSSR count). The molecular formula is C31H46NPS2Ti. The van der Waals surface area contributed by atoms with E-state index in [2.05, 4.69) is 62.3 Å². The van der Waals surface area contributed by atoms with Crippen LogP contribution >= 0.6 is 7.05 Å². The molecule has 0 saturated heterocycles. The molecule has 1 nitrogen and oxygen atoms in total. The van der Waals surface area contributed by atoms with Gasteiger partial charge in [0.1, 0.15) is 0 Å². The molecule has 0 spiro atoms. The van der Waals surface area contributed by atoms with Crippen LogP contribution < -0.4 is 0 Å². The molecule has 0 aliphatic heterocycles. The summed E-state index contributed by atoms with van der Waals surface area (Å²) in [5.41, 5.74) is 2.45. The molecule has 196 valence electrons. The van der Waals surface area contributed by atoms with Gasteiger partial charge in [0.2, 0.25) is 0 Å². The maximum absolute atomic E-state index is 11.1. The molecule has 0 amide bonds. The fourth-order valence-corrected chi connectivity index (χ4v) is 10.9. The van der Waals surface area contributed by atoms with Crippen LogP contribution in [0.2, 0.25) is 0 Å². The van der Waals surface area contributed by atoms with Gasteiger partial charge in [0.05, 0.1) is 0 Å². The topological polar surface area (TPSA) is 22.3 Å². The summed E-state index contributed by atoms with van der Waals surface area (Å²) in [6.07, 6.45) is 10.0. The molecule has 0 N–H and O–H groups in total. The Kier molecular flexibility index (Phi) is 18.8. The van der Waals surface area contributed by atoms with Crippen LogP contribution in [0.15, 0.2) is 85.0 Å². The predicted octanol–water partition coefficient (Wildman–Crippen LogP) is 9.93. The van der Waals surface area contributed by atoms with Gasteiger partial charge in [-0.2, -0.15) is 11.5 Å². The number of hydrogen-bond acceptors (Lipinski definition) is 2. The molecule has 36 heavy (non-hydrogen) atoms. The third kappa shape index (κ3) is 13.4. The Morgan fingerprint density at radius 3 is 0.944 bits per heavy atom. The minimum atomic E-state index is -2.02. The van der Waals surface area contributed by atoms with Crippen molar-refractivity contribution in [2.75, 3.05) is 0 Å². The van der Waals surface area contributed by atoms with Crippen molar-refractivity contribution >= 4 is 32.3 Å². The summed E-state index contributed by atoms with van der Waals surface area (Å²) in [5.74, 6) is 1.45. The van der Waals surface area contributed by atoms with Crippen LogP contribution in [0, 0.1) is 6.42 Å². The first kappa shape index (κ1) is 37.7. The van der Waals surface area contributed by atoms with Gasteiger partial charge in [0.25, 0.3) is 0 Å². The first-order valence-electron chi connectivity index (χ1n) is 12.1. The molecular weight excluding hydrogens is 529 g/mol. The molecule has 0 fully saturated rings. The summed E-state index contributed by atoms with van der Waals surface area (Å²) in [4.78, 5) is 0. The number of rotatable bonds is 2. The molecule has 5 heteroatoms. The number of benzene rings is 2. The first-order chi connectivity index (χ1) is 16.1. The minimum Gasteiger partial charge on any atom is -0.807 e. The second kappa shape index (κ2) is 18.0. The second-order valence-corrected chi connectivity index (χ2v) is 17.2. The summed E-state index contributed by atoms with van der Waals surface area (Å²) >= 11 is 9.64. The molecule has 0 saturated carbocycles. The predicted molar refractivity (Wildman–Crippen MR) is 167 cm³/mol. The van der Waals surface area contributed by atoms with Crippen molar-refractivity contribution in [2.24, 2.45) is 0 Å². The SMILES string of the molecule is CC(C)(C)P(=[N-])(C(C)(C)C)C(C)(C)C.[CH]1C=CC=C1.[S-]Cc1ccccc1.[S-]Cc1ccccc1.[Ti+3]. The fourth-order valence-electron chi connectivity index (χ4n) is 4.49. The third-order valence-corrected chi connectivity index (χ3v) is 12.0. The molecule has 1 aliphatic rings. The fraction of sp³-hybridized carbons (Fsp3) is 0.452. The Morgan fingerprint density at radius 1 is 0.556 bits per heavy atom. The van der Waals surface area contributed by atoms with Crippen LogP contribution in [0.3, 0.4) is 0 Å². The van der Waals surface area contributed by atoms with E-state index < -0.39 is 7.05 Å². The van der Waals surface area contributed by atoms with Gasteiger partial charge in [-0.05, 0) is 15.5 Å².